The number of hydrogen-bond acceptors (Lipinski definition) is 4. The molecule has 0 saturated carbocycles. The van der Waals surface area contributed by atoms with Crippen LogP contribution in [0.15, 0.2) is 54.6 Å². The Balaban J connectivity index is 1.65. The molecule has 1 aromatic heterocycles. The van der Waals surface area contributed by atoms with Gasteiger partial charge in [-0.2, -0.15) is 5.10 Å². The molecule has 0 aliphatic carbocycles. The van der Waals surface area contributed by atoms with Crippen LogP contribution in [0.5, 0.6) is 5.75 Å². The average molecular weight is 439 g/mol. The number of benzene rings is 2. The van der Waals surface area contributed by atoms with Crippen LogP contribution in [0, 0.1) is 13.8 Å². The minimum Gasteiger partial charge on any atom is -0.484 e. The highest BCUT2D eigenvalue weighted by atomic mass is 35.5. The van der Waals surface area contributed by atoms with Gasteiger partial charge in [0.2, 0.25) is 5.91 Å². The Morgan fingerprint density at radius 2 is 1.87 bits per heavy atom. The molecule has 0 spiro atoms. The van der Waals surface area contributed by atoms with Crippen LogP contribution in [0.1, 0.15) is 22.5 Å². The molecule has 8 heteroatoms. The van der Waals surface area contributed by atoms with Crippen LogP contribution < -0.4 is 15.8 Å². The molecular weight excluding hydrogens is 416 g/mol. The first kappa shape index (κ1) is 22.1. The van der Waals surface area contributed by atoms with Crippen molar-refractivity contribution in [3.63, 3.8) is 0 Å². The van der Waals surface area contributed by atoms with Gasteiger partial charge >= 0.3 is 0 Å². The van der Waals surface area contributed by atoms with Crippen LogP contribution in [0.25, 0.3) is 6.08 Å². The van der Waals surface area contributed by atoms with Crippen LogP contribution >= 0.6 is 11.6 Å². The van der Waals surface area contributed by atoms with Gasteiger partial charge < -0.3 is 15.8 Å². The number of carbonyl (C=O) groups is 2. The molecule has 3 aromatic rings. The van der Waals surface area contributed by atoms with E-state index in [0.29, 0.717) is 23.0 Å². The number of anilines is 1. The Morgan fingerprint density at radius 1 is 1.16 bits per heavy atom. The average Bonchev–Trinajstić information content (AvgIpc) is 3.00. The number of halogens is 1. The Labute approximate surface area is 185 Å². The lowest BCUT2D eigenvalue weighted by atomic mass is 10.1. The van der Waals surface area contributed by atoms with Crippen LogP contribution in [-0.2, 0) is 16.1 Å². The summed E-state index contributed by atoms with van der Waals surface area (Å²) in [4.78, 5) is 23.1. The van der Waals surface area contributed by atoms with Crippen molar-refractivity contribution in [3.05, 3.63) is 82.1 Å². The predicted octanol–water partition coefficient (Wildman–Crippen LogP) is 3.72. The first-order chi connectivity index (χ1) is 14.8. The van der Waals surface area contributed by atoms with Crippen LogP contribution in [-0.4, -0.2) is 28.2 Å². The Kier molecular flexibility index (Phi) is 7.10. The van der Waals surface area contributed by atoms with Crippen LogP contribution in [0.3, 0.4) is 0 Å². The van der Waals surface area contributed by atoms with Crippen molar-refractivity contribution in [2.24, 2.45) is 5.73 Å². The third kappa shape index (κ3) is 5.96. The maximum absolute atomic E-state index is 12.3. The van der Waals surface area contributed by atoms with Crippen LogP contribution in [0.2, 0.25) is 5.02 Å². The van der Waals surface area contributed by atoms with Crippen molar-refractivity contribution in [1.82, 2.24) is 9.78 Å². The van der Waals surface area contributed by atoms with E-state index in [0.717, 1.165) is 22.5 Å². The SMILES string of the molecule is Cc1nn(Cc2ccccc2Cl)c(C)c1C=CC(=O)Nc1ccc(OCC(N)=O)cc1. The minimum atomic E-state index is -0.553. The maximum Gasteiger partial charge on any atom is 0.255 e. The molecule has 0 aliphatic heterocycles. The zero-order valence-electron chi connectivity index (χ0n) is 17.3. The molecule has 0 bridgehead atoms. The van der Waals surface area contributed by atoms with Gasteiger partial charge in [-0.15, -0.1) is 0 Å². The van der Waals surface area contributed by atoms with E-state index in [1.807, 2.05) is 42.8 Å². The molecule has 160 valence electrons. The number of nitrogens with zero attached hydrogens (tertiary/aromatic N) is 2. The van der Waals surface area contributed by atoms with Gasteiger partial charge in [0.25, 0.3) is 5.91 Å². The third-order valence-corrected chi connectivity index (χ3v) is 4.99. The second kappa shape index (κ2) is 9.95. The number of hydrogen-bond donors (Lipinski definition) is 2. The van der Waals surface area contributed by atoms with E-state index in [9.17, 15) is 9.59 Å². The van der Waals surface area contributed by atoms with Crippen molar-refractivity contribution in [2.45, 2.75) is 20.4 Å². The fourth-order valence-electron chi connectivity index (χ4n) is 3.03. The second-order valence-corrected chi connectivity index (χ2v) is 7.34. The standard InChI is InChI=1S/C23H23ClN4O3/c1-15-20(16(2)28(27-15)13-17-5-3-4-6-21(17)24)11-12-23(30)26-18-7-9-19(10-8-18)31-14-22(25)29/h3-12H,13-14H2,1-2H3,(H2,25,29)(H,26,30). The highest BCUT2D eigenvalue weighted by molar-refractivity contribution is 6.31. The molecule has 7 nitrogen and oxygen atoms in total. The van der Waals surface area contributed by atoms with Gasteiger partial charge in [-0.05, 0) is 55.8 Å². The number of ether oxygens (including phenoxy) is 1. The molecule has 2 aromatic carbocycles. The zero-order valence-corrected chi connectivity index (χ0v) is 18.0. The van der Waals surface area contributed by atoms with Crippen molar-refractivity contribution in [2.75, 3.05) is 11.9 Å². The summed E-state index contributed by atoms with van der Waals surface area (Å²) in [7, 11) is 0. The summed E-state index contributed by atoms with van der Waals surface area (Å²) < 4.78 is 7.07. The molecule has 0 saturated heterocycles. The number of amides is 2. The molecule has 0 aliphatic rings. The highest BCUT2D eigenvalue weighted by Gasteiger charge is 2.11. The van der Waals surface area contributed by atoms with Crippen molar-refractivity contribution >= 4 is 35.2 Å². The summed E-state index contributed by atoms with van der Waals surface area (Å²) in [5, 5.41) is 8.05. The lowest BCUT2D eigenvalue weighted by Gasteiger charge is -2.07. The van der Waals surface area contributed by atoms with Crippen molar-refractivity contribution in [1.29, 1.82) is 0 Å². The van der Waals surface area contributed by atoms with Gasteiger partial charge in [0, 0.05) is 28.0 Å². The van der Waals surface area contributed by atoms with E-state index in [1.165, 1.54) is 6.08 Å². The molecule has 3 N–H and O–H groups in total. The van der Waals surface area contributed by atoms with E-state index in [1.54, 1.807) is 30.3 Å². The van der Waals surface area contributed by atoms with E-state index in [4.69, 9.17) is 22.1 Å². The fourth-order valence-corrected chi connectivity index (χ4v) is 3.22. The fraction of sp³-hybridized carbons (Fsp3) is 0.174. The second-order valence-electron chi connectivity index (χ2n) is 6.94. The van der Waals surface area contributed by atoms with Crippen LogP contribution in [0.4, 0.5) is 5.69 Å². The number of aromatic nitrogens is 2. The van der Waals surface area contributed by atoms with Gasteiger partial charge in [0.15, 0.2) is 6.61 Å². The van der Waals surface area contributed by atoms with Gasteiger partial charge in [0.05, 0.1) is 12.2 Å². The Bertz CT molecular complexity index is 1120. The quantitative estimate of drug-likeness (QED) is 0.523. The number of nitrogens with two attached hydrogens (primary N) is 1. The molecule has 0 atom stereocenters. The maximum atomic E-state index is 12.3. The van der Waals surface area contributed by atoms with Gasteiger partial charge in [-0.1, -0.05) is 29.8 Å². The van der Waals surface area contributed by atoms with Gasteiger partial charge in [0.1, 0.15) is 5.75 Å². The molecule has 0 unspecified atom stereocenters. The molecule has 1 heterocycles. The van der Waals surface area contributed by atoms with E-state index < -0.39 is 5.91 Å². The number of aryl methyl sites for hydroxylation is 1. The first-order valence-electron chi connectivity index (χ1n) is 9.61. The summed E-state index contributed by atoms with van der Waals surface area (Å²) in [5.41, 5.74) is 9.28. The van der Waals surface area contributed by atoms with Gasteiger partial charge in [-0.25, -0.2) is 0 Å². The summed E-state index contributed by atoms with van der Waals surface area (Å²) in [6, 6.07) is 14.3. The van der Waals surface area contributed by atoms with E-state index in [-0.39, 0.29) is 12.5 Å². The normalized spacial score (nSPS) is 10.9. The number of carbonyl (C=O) groups excluding carboxylic acids is 2. The number of nitrogens with one attached hydrogen (secondary N) is 1. The predicted molar refractivity (Wildman–Crippen MR) is 121 cm³/mol. The minimum absolute atomic E-state index is 0.197. The molecule has 3 rings (SSSR count). The number of primary amides is 1. The summed E-state index contributed by atoms with van der Waals surface area (Å²) >= 11 is 6.26. The largest absolute Gasteiger partial charge is 0.484 e. The molecule has 2 amide bonds. The van der Waals surface area contributed by atoms with E-state index in [2.05, 4.69) is 10.4 Å². The highest BCUT2D eigenvalue weighted by Crippen LogP contribution is 2.20. The summed E-state index contributed by atoms with van der Waals surface area (Å²) in [6.07, 6.45) is 3.22. The summed E-state index contributed by atoms with van der Waals surface area (Å²) in [5.74, 6) is -0.337. The van der Waals surface area contributed by atoms with Crippen molar-refractivity contribution in [3.8, 4) is 5.75 Å². The topological polar surface area (TPSA) is 99.2 Å². The van der Waals surface area contributed by atoms with Gasteiger partial charge in [-0.3, -0.25) is 14.3 Å². The number of rotatable bonds is 8. The first-order valence-corrected chi connectivity index (χ1v) is 9.99. The lowest BCUT2D eigenvalue weighted by Crippen LogP contribution is -2.20. The molecule has 0 fully saturated rings. The monoisotopic (exact) mass is 438 g/mol. The van der Waals surface area contributed by atoms with Crippen molar-refractivity contribution < 1.29 is 14.3 Å². The van der Waals surface area contributed by atoms with E-state index >= 15 is 0 Å². The molecular formula is C23H23ClN4O3. The lowest BCUT2D eigenvalue weighted by molar-refractivity contribution is -0.120. The Hall–Kier alpha value is -3.58. The smallest absolute Gasteiger partial charge is 0.255 e. The summed E-state index contributed by atoms with van der Waals surface area (Å²) in [6.45, 7) is 4.21. The molecule has 31 heavy (non-hydrogen) atoms. The third-order valence-electron chi connectivity index (χ3n) is 4.62. The molecule has 0 radical (unpaired) electrons. The Morgan fingerprint density at radius 3 is 2.55 bits per heavy atom. The zero-order chi connectivity index (χ0) is 22.4.